The number of rotatable bonds is 11. The van der Waals surface area contributed by atoms with Crippen LogP contribution in [0.3, 0.4) is 0 Å². The minimum Gasteiger partial charge on any atom is -0.478 e. The van der Waals surface area contributed by atoms with Gasteiger partial charge in [0.25, 0.3) is 5.91 Å². The number of nitrogens with one attached hydrogen (secondary N) is 3. The number of aromatic carboxylic acids is 1. The predicted molar refractivity (Wildman–Crippen MR) is 138 cm³/mol. The van der Waals surface area contributed by atoms with Gasteiger partial charge < -0.3 is 21.1 Å². The molecule has 0 aliphatic carbocycles. The summed E-state index contributed by atoms with van der Waals surface area (Å²) in [6.07, 6.45) is -5.42. The number of anilines is 2. The van der Waals surface area contributed by atoms with E-state index in [1.807, 2.05) is 0 Å². The second-order valence-corrected chi connectivity index (χ2v) is 9.20. The van der Waals surface area contributed by atoms with Gasteiger partial charge in [0.2, 0.25) is 0 Å². The molecule has 0 heterocycles. The van der Waals surface area contributed by atoms with Crippen LogP contribution in [-0.2, 0) is 0 Å². The summed E-state index contributed by atoms with van der Waals surface area (Å²) >= 11 is 0. The Morgan fingerprint density at radius 1 is 0.805 bits per heavy atom. The molecule has 41 heavy (non-hydrogen) atoms. The molecule has 6 nitrogen and oxygen atoms in total. The van der Waals surface area contributed by atoms with Crippen molar-refractivity contribution in [2.45, 2.75) is 57.4 Å². The minimum atomic E-state index is -4.24. The van der Waals surface area contributed by atoms with Crippen LogP contribution in [0.15, 0.2) is 36.4 Å². The summed E-state index contributed by atoms with van der Waals surface area (Å²) in [5, 5.41) is 16.6. The third kappa shape index (κ3) is 14.3. The summed E-state index contributed by atoms with van der Waals surface area (Å²) < 4.78 is 98.1. The molecule has 2 aromatic carbocycles. The van der Waals surface area contributed by atoms with Crippen LogP contribution in [0.2, 0.25) is 0 Å². The van der Waals surface area contributed by atoms with Gasteiger partial charge in [0.05, 0.1) is 16.7 Å². The fraction of sp³-hybridized carbons (Fsp3) is 0.407. The second kappa shape index (κ2) is 15.1. The molecule has 226 valence electrons. The highest BCUT2D eigenvalue weighted by Crippen LogP contribution is 2.24. The number of benzene rings is 2. The highest BCUT2D eigenvalue weighted by Gasteiger charge is 2.27. The lowest BCUT2D eigenvalue weighted by molar-refractivity contribution is -0.135. The molecule has 1 amide bonds. The maximum Gasteiger partial charge on any atom is 0.389 e. The number of hydrogen-bond donors (Lipinski definition) is 4. The molecule has 0 aliphatic rings. The van der Waals surface area contributed by atoms with Gasteiger partial charge in [-0.05, 0) is 63.1 Å². The van der Waals surface area contributed by atoms with Crippen molar-refractivity contribution in [1.29, 1.82) is 0 Å². The third-order valence-corrected chi connectivity index (χ3v) is 5.13. The number of amides is 1. The Labute approximate surface area is 231 Å². The maximum absolute atomic E-state index is 13.4. The van der Waals surface area contributed by atoms with Crippen molar-refractivity contribution in [2.75, 3.05) is 23.7 Å². The largest absolute Gasteiger partial charge is 0.478 e. The number of hydrogen-bond acceptors (Lipinski definition) is 4. The third-order valence-electron chi connectivity index (χ3n) is 5.13. The highest BCUT2D eigenvalue weighted by atomic mass is 19.4. The first-order valence-corrected chi connectivity index (χ1v) is 12.1. The number of carbonyl (C=O) groups is 2. The lowest BCUT2D eigenvalue weighted by Gasteiger charge is -2.21. The molecular weight excluding hydrogens is 566 g/mol. The highest BCUT2D eigenvalue weighted by molar-refractivity contribution is 6.00. The smallest absolute Gasteiger partial charge is 0.389 e. The number of carboxylic acids is 1. The standard InChI is InChI=1S/C16H18F4N2O.C11H11F4NO2/c1-4-15(2,3)22-14(23)12-10-11(17)6-7-13(12)21-9-5-8-16(18,19)20;12-7-2-3-9(8(6-7)10(17)18)16-5-1-4-11(13,14)15/h1,6-7,10,21H,5,8-9H2,2-3H3,(H,22,23);2-3,6,16H,1,4-5H2,(H,17,18). The van der Waals surface area contributed by atoms with Gasteiger partial charge >= 0.3 is 18.3 Å². The Kier molecular flexibility index (Phi) is 12.9. The summed E-state index contributed by atoms with van der Waals surface area (Å²) in [5.74, 6) is -0.917. The van der Waals surface area contributed by atoms with Crippen LogP contribution in [-0.4, -0.2) is 48.0 Å². The Morgan fingerprint density at radius 2 is 1.22 bits per heavy atom. The van der Waals surface area contributed by atoms with E-state index in [1.165, 1.54) is 12.1 Å². The van der Waals surface area contributed by atoms with Crippen molar-refractivity contribution in [3.05, 3.63) is 59.2 Å². The lowest BCUT2D eigenvalue weighted by atomic mass is 10.1. The predicted octanol–water partition coefficient (Wildman–Crippen LogP) is 7.00. The molecule has 0 fully saturated rings. The van der Waals surface area contributed by atoms with E-state index in [0.717, 1.165) is 24.3 Å². The van der Waals surface area contributed by atoms with E-state index in [2.05, 4.69) is 21.9 Å². The fourth-order valence-electron chi connectivity index (χ4n) is 3.12. The first-order valence-electron chi connectivity index (χ1n) is 12.1. The number of carboxylic acid groups (broad SMARTS) is 1. The average Bonchev–Trinajstić information content (AvgIpc) is 2.84. The summed E-state index contributed by atoms with van der Waals surface area (Å²) in [7, 11) is 0. The number of carbonyl (C=O) groups excluding carboxylic acids is 1. The van der Waals surface area contributed by atoms with E-state index in [-0.39, 0.29) is 48.4 Å². The Bertz CT molecular complexity index is 1220. The van der Waals surface area contributed by atoms with Crippen LogP contribution >= 0.6 is 0 Å². The van der Waals surface area contributed by atoms with Crippen LogP contribution in [0.4, 0.5) is 46.5 Å². The molecule has 2 rings (SSSR count). The number of terminal acetylenes is 1. The molecule has 0 unspecified atom stereocenters. The van der Waals surface area contributed by atoms with Crippen LogP contribution in [0.1, 0.15) is 60.2 Å². The lowest BCUT2D eigenvalue weighted by Crippen LogP contribution is -2.42. The van der Waals surface area contributed by atoms with E-state index < -0.39 is 54.2 Å². The van der Waals surface area contributed by atoms with Crippen molar-refractivity contribution in [3.63, 3.8) is 0 Å². The maximum atomic E-state index is 13.4. The van der Waals surface area contributed by atoms with Gasteiger partial charge in [-0.2, -0.15) is 26.3 Å². The van der Waals surface area contributed by atoms with Crippen LogP contribution in [0, 0.1) is 24.0 Å². The number of alkyl halides is 6. The zero-order valence-electron chi connectivity index (χ0n) is 22.1. The van der Waals surface area contributed by atoms with Gasteiger partial charge in [-0.1, -0.05) is 5.92 Å². The Morgan fingerprint density at radius 3 is 1.61 bits per heavy atom. The van der Waals surface area contributed by atoms with Gasteiger partial charge in [0, 0.05) is 37.3 Å². The van der Waals surface area contributed by atoms with Gasteiger partial charge in [-0.3, -0.25) is 4.79 Å². The molecular formula is C27H29F8N3O3. The first kappa shape index (κ1) is 35.0. The van der Waals surface area contributed by atoms with Gasteiger partial charge in [-0.15, -0.1) is 6.42 Å². The summed E-state index contributed by atoms with van der Waals surface area (Å²) in [6, 6.07) is 6.48. The van der Waals surface area contributed by atoms with E-state index in [9.17, 15) is 44.7 Å². The molecule has 4 N–H and O–H groups in total. The molecule has 0 aromatic heterocycles. The topological polar surface area (TPSA) is 90.5 Å². The molecule has 0 spiro atoms. The van der Waals surface area contributed by atoms with E-state index >= 15 is 0 Å². The van der Waals surface area contributed by atoms with Crippen LogP contribution < -0.4 is 16.0 Å². The van der Waals surface area contributed by atoms with Gasteiger partial charge in [0.1, 0.15) is 11.6 Å². The summed E-state index contributed by atoms with van der Waals surface area (Å²) in [5.41, 5.74) is -0.899. The minimum absolute atomic E-state index is 0.00392. The number of halogens is 8. The molecule has 0 aliphatic heterocycles. The Hall–Kier alpha value is -4.02. The van der Waals surface area contributed by atoms with E-state index in [4.69, 9.17) is 11.5 Å². The second-order valence-electron chi connectivity index (χ2n) is 9.20. The normalized spacial score (nSPS) is 11.5. The van der Waals surface area contributed by atoms with Crippen molar-refractivity contribution in [2.24, 2.45) is 0 Å². The van der Waals surface area contributed by atoms with E-state index in [0.29, 0.717) is 0 Å². The molecule has 2 aromatic rings. The quantitative estimate of drug-likeness (QED) is 0.128. The first-order chi connectivity index (χ1) is 18.8. The van der Waals surface area contributed by atoms with Crippen LogP contribution in [0.25, 0.3) is 0 Å². The van der Waals surface area contributed by atoms with Crippen molar-refractivity contribution >= 4 is 23.3 Å². The zero-order chi connectivity index (χ0) is 31.4. The molecule has 0 atom stereocenters. The van der Waals surface area contributed by atoms with Gasteiger partial charge in [-0.25, -0.2) is 13.6 Å². The van der Waals surface area contributed by atoms with Crippen molar-refractivity contribution < 1.29 is 49.8 Å². The zero-order valence-corrected chi connectivity index (χ0v) is 22.1. The molecule has 0 bridgehead atoms. The molecule has 0 saturated heterocycles. The molecule has 0 radical (unpaired) electrons. The van der Waals surface area contributed by atoms with E-state index in [1.54, 1.807) is 13.8 Å². The average molecular weight is 596 g/mol. The summed E-state index contributed by atoms with van der Waals surface area (Å²) in [4.78, 5) is 23.0. The van der Waals surface area contributed by atoms with Crippen molar-refractivity contribution in [1.82, 2.24) is 5.32 Å². The van der Waals surface area contributed by atoms with Crippen LogP contribution in [0.5, 0.6) is 0 Å². The van der Waals surface area contributed by atoms with Gasteiger partial charge in [0.15, 0.2) is 0 Å². The SMILES string of the molecule is C#CC(C)(C)NC(=O)c1cc(F)ccc1NCCCC(F)(F)F.O=C(O)c1cc(F)ccc1NCCCC(F)(F)F. The van der Waals surface area contributed by atoms with Crippen molar-refractivity contribution in [3.8, 4) is 12.3 Å². The monoisotopic (exact) mass is 595 g/mol. The molecule has 14 heteroatoms. The summed E-state index contributed by atoms with van der Waals surface area (Å²) in [6.45, 7) is 3.16. The Balaban J connectivity index is 0.000000422. The molecule has 0 saturated carbocycles. The fourth-order valence-corrected chi connectivity index (χ4v) is 3.12.